The third-order valence-electron chi connectivity index (χ3n) is 9.04. The van der Waals surface area contributed by atoms with Crippen molar-refractivity contribution < 1.29 is 32.7 Å². The van der Waals surface area contributed by atoms with Gasteiger partial charge in [-0.2, -0.15) is 8.78 Å². The first-order valence-electron chi connectivity index (χ1n) is 13.9. The predicted octanol–water partition coefficient (Wildman–Crippen LogP) is 2.42. The fraction of sp³-hybridized carbons (Fsp3) is 0.643. The van der Waals surface area contributed by atoms with Gasteiger partial charge in [0.25, 0.3) is 11.8 Å². The molecule has 1 saturated carbocycles. The Bertz CT molecular complexity index is 1140. The van der Waals surface area contributed by atoms with Gasteiger partial charge in [0.05, 0.1) is 11.6 Å². The van der Waals surface area contributed by atoms with E-state index in [1.807, 2.05) is 0 Å². The molecule has 1 aliphatic carbocycles. The highest BCUT2D eigenvalue weighted by atomic mass is 19.3. The standard InChI is InChI=1S/C28H36F2N4O5/c1-39-27(19-5-3-2-4-6-19)12-11-22(32-16-27)28(29,30)26(38)31-14-17-7-8-20-18(13-17)15-34(25(20)37)21-9-10-23(35)33-24(21)36/h7-8,13,19,21-22,32H,2-6,9-12,14-16H2,1H3,(H,31,38)(H,33,35,36). The topological polar surface area (TPSA) is 117 Å². The number of piperidine rings is 2. The van der Waals surface area contributed by atoms with E-state index in [0.29, 0.717) is 35.6 Å². The van der Waals surface area contributed by atoms with Crippen LogP contribution in [0.2, 0.25) is 0 Å². The van der Waals surface area contributed by atoms with E-state index in [2.05, 4.69) is 16.0 Å². The van der Waals surface area contributed by atoms with Crippen LogP contribution in [0.25, 0.3) is 0 Å². The number of fused-ring (bicyclic) bond motifs is 1. The van der Waals surface area contributed by atoms with E-state index in [9.17, 15) is 19.2 Å². The summed E-state index contributed by atoms with van der Waals surface area (Å²) in [6.45, 7) is 0.349. The number of nitrogens with one attached hydrogen (secondary N) is 3. The predicted molar refractivity (Wildman–Crippen MR) is 137 cm³/mol. The highest BCUT2D eigenvalue weighted by Crippen LogP contribution is 2.41. The molecule has 0 bridgehead atoms. The molecule has 3 unspecified atom stereocenters. The molecule has 3 heterocycles. The normalized spacial score (nSPS) is 28.3. The molecule has 3 atom stereocenters. The van der Waals surface area contributed by atoms with Crippen LogP contribution in [0.5, 0.6) is 0 Å². The van der Waals surface area contributed by atoms with Crippen LogP contribution in [0, 0.1) is 5.92 Å². The van der Waals surface area contributed by atoms with Gasteiger partial charge in [0.1, 0.15) is 6.04 Å². The number of carbonyl (C=O) groups excluding carboxylic acids is 4. The van der Waals surface area contributed by atoms with E-state index in [-0.39, 0.29) is 44.2 Å². The van der Waals surface area contributed by atoms with E-state index in [0.717, 1.165) is 25.7 Å². The number of halogens is 2. The zero-order valence-corrected chi connectivity index (χ0v) is 22.2. The van der Waals surface area contributed by atoms with Gasteiger partial charge in [-0.05, 0) is 55.2 Å². The zero-order chi connectivity index (χ0) is 27.8. The summed E-state index contributed by atoms with van der Waals surface area (Å²) in [6, 6.07) is 2.88. The highest BCUT2D eigenvalue weighted by Gasteiger charge is 2.52. The molecule has 5 rings (SSSR count). The molecule has 1 aromatic carbocycles. The number of amides is 4. The van der Waals surface area contributed by atoms with Gasteiger partial charge < -0.3 is 20.3 Å². The number of rotatable bonds is 7. The van der Waals surface area contributed by atoms with Crippen molar-refractivity contribution >= 4 is 23.6 Å². The van der Waals surface area contributed by atoms with E-state index < -0.39 is 35.4 Å². The molecule has 2 saturated heterocycles. The molecule has 39 heavy (non-hydrogen) atoms. The SMILES string of the molecule is COC1(C2CCCCC2)CCC(C(F)(F)C(=O)NCc2ccc3c(c2)CN(C2CCC(=O)NC2=O)C3=O)NC1. The Balaban J connectivity index is 1.17. The lowest BCUT2D eigenvalue weighted by atomic mass is 9.72. The van der Waals surface area contributed by atoms with Gasteiger partial charge in [0, 0.05) is 38.7 Å². The number of methoxy groups -OCH3 is 1. The van der Waals surface area contributed by atoms with Crippen LogP contribution in [0.4, 0.5) is 8.78 Å². The van der Waals surface area contributed by atoms with Crippen LogP contribution >= 0.6 is 0 Å². The van der Waals surface area contributed by atoms with Crippen molar-refractivity contribution in [2.45, 2.75) is 94.5 Å². The monoisotopic (exact) mass is 546 g/mol. The fourth-order valence-corrected chi connectivity index (χ4v) is 6.70. The van der Waals surface area contributed by atoms with Gasteiger partial charge >= 0.3 is 5.92 Å². The van der Waals surface area contributed by atoms with Crippen molar-refractivity contribution in [2.24, 2.45) is 5.92 Å². The number of ether oxygens (including phenoxy) is 1. The van der Waals surface area contributed by atoms with Crippen molar-refractivity contribution in [3.05, 3.63) is 34.9 Å². The summed E-state index contributed by atoms with van der Waals surface area (Å²) in [5.74, 6) is -5.78. The van der Waals surface area contributed by atoms with E-state index >= 15 is 8.78 Å². The molecule has 11 heteroatoms. The Hall–Kier alpha value is -2.92. The third kappa shape index (κ3) is 5.30. The maximum absolute atomic E-state index is 15.2. The summed E-state index contributed by atoms with van der Waals surface area (Å²) in [4.78, 5) is 50.6. The lowest BCUT2D eigenvalue weighted by molar-refractivity contribution is -0.157. The molecule has 0 aromatic heterocycles. The van der Waals surface area contributed by atoms with Crippen LogP contribution in [0.1, 0.15) is 79.3 Å². The van der Waals surface area contributed by atoms with E-state index in [1.165, 1.54) is 11.3 Å². The van der Waals surface area contributed by atoms with Crippen molar-refractivity contribution in [1.29, 1.82) is 0 Å². The molecular formula is C28H36F2N4O5. The van der Waals surface area contributed by atoms with E-state index in [4.69, 9.17) is 4.74 Å². The molecule has 4 amide bonds. The van der Waals surface area contributed by atoms with Gasteiger partial charge in [-0.1, -0.05) is 31.4 Å². The second kappa shape index (κ2) is 10.9. The average molecular weight is 547 g/mol. The van der Waals surface area contributed by atoms with Crippen LogP contribution in [-0.2, 0) is 32.2 Å². The molecule has 0 radical (unpaired) electrons. The first kappa shape index (κ1) is 27.6. The summed E-state index contributed by atoms with van der Waals surface area (Å²) in [6.07, 6.45) is 6.56. The van der Waals surface area contributed by atoms with Crippen molar-refractivity contribution in [3.8, 4) is 0 Å². The minimum atomic E-state index is -3.60. The zero-order valence-electron chi connectivity index (χ0n) is 22.2. The molecule has 3 fully saturated rings. The lowest BCUT2D eigenvalue weighted by Gasteiger charge is -2.47. The number of nitrogens with zero attached hydrogens (tertiary/aromatic N) is 1. The number of imide groups is 1. The second-order valence-corrected chi connectivity index (χ2v) is 11.3. The Morgan fingerprint density at radius 2 is 1.92 bits per heavy atom. The number of benzene rings is 1. The Morgan fingerprint density at radius 3 is 2.59 bits per heavy atom. The van der Waals surface area contributed by atoms with E-state index in [1.54, 1.807) is 25.3 Å². The summed E-state index contributed by atoms with van der Waals surface area (Å²) in [5.41, 5.74) is 1.18. The Morgan fingerprint density at radius 1 is 1.15 bits per heavy atom. The molecule has 4 aliphatic rings. The van der Waals surface area contributed by atoms with Gasteiger partial charge in [-0.25, -0.2) is 0 Å². The summed E-state index contributed by atoms with van der Waals surface area (Å²) in [5, 5.41) is 7.55. The summed E-state index contributed by atoms with van der Waals surface area (Å²) < 4.78 is 36.2. The van der Waals surface area contributed by atoms with Crippen molar-refractivity contribution in [1.82, 2.24) is 20.9 Å². The molecule has 9 nitrogen and oxygen atoms in total. The van der Waals surface area contributed by atoms with Crippen LogP contribution in [0.3, 0.4) is 0 Å². The largest absolute Gasteiger partial charge is 0.377 e. The minimum Gasteiger partial charge on any atom is -0.377 e. The molecule has 0 spiro atoms. The molecule has 1 aromatic rings. The van der Waals surface area contributed by atoms with Crippen molar-refractivity contribution in [2.75, 3.05) is 13.7 Å². The Labute approximate surface area is 226 Å². The quantitative estimate of drug-likeness (QED) is 0.453. The highest BCUT2D eigenvalue weighted by molar-refractivity contribution is 6.05. The summed E-state index contributed by atoms with van der Waals surface area (Å²) >= 11 is 0. The molecule has 3 N–H and O–H groups in total. The lowest BCUT2D eigenvalue weighted by Crippen LogP contribution is -2.62. The molecule has 3 aliphatic heterocycles. The maximum atomic E-state index is 15.2. The average Bonchev–Trinajstić information content (AvgIpc) is 3.27. The number of carbonyl (C=O) groups is 4. The first-order valence-corrected chi connectivity index (χ1v) is 13.9. The molecular weight excluding hydrogens is 510 g/mol. The first-order chi connectivity index (χ1) is 18.6. The maximum Gasteiger partial charge on any atom is 0.339 e. The molecule has 212 valence electrons. The van der Waals surface area contributed by atoms with Crippen LogP contribution in [-0.4, -0.2) is 65.8 Å². The van der Waals surface area contributed by atoms with Gasteiger partial charge in [0.15, 0.2) is 0 Å². The minimum absolute atomic E-state index is 0.120. The van der Waals surface area contributed by atoms with Crippen LogP contribution < -0.4 is 16.0 Å². The van der Waals surface area contributed by atoms with Crippen molar-refractivity contribution in [3.63, 3.8) is 0 Å². The van der Waals surface area contributed by atoms with Gasteiger partial charge in [-0.15, -0.1) is 0 Å². The van der Waals surface area contributed by atoms with Crippen LogP contribution in [0.15, 0.2) is 18.2 Å². The number of hydrogen-bond donors (Lipinski definition) is 3. The fourth-order valence-electron chi connectivity index (χ4n) is 6.70. The van der Waals surface area contributed by atoms with Gasteiger partial charge in [0.2, 0.25) is 11.8 Å². The van der Waals surface area contributed by atoms with Gasteiger partial charge in [-0.3, -0.25) is 24.5 Å². The third-order valence-corrected chi connectivity index (χ3v) is 9.04. The smallest absolute Gasteiger partial charge is 0.339 e. The second-order valence-electron chi connectivity index (χ2n) is 11.3. The number of alkyl halides is 2. The Kier molecular flexibility index (Phi) is 7.74. The summed E-state index contributed by atoms with van der Waals surface area (Å²) in [7, 11) is 1.65. The number of hydrogen-bond acceptors (Lipinski definition) is 6.